The van der Waals surface area contributed by atoms with Crippen molar-refractivity contribution in [3.8, 4) is 5.69 Å². The maximum absolute atomic E-state index is 12.1. The number of hydrogen-bond acceptors (Lipinski definition) is 3. The lowest BCUT2D eigenvalue weighted by Crippen LogP contribution is -2.25. The number of nitrogens with zero attached hydrogens (tertiary/aromatic N) is 2. The standard InChI is InChI=1S/C14H12BrClN2O3/c1-7(2)9-6-18(17-12(13(9)19)14(20)21)11-5-8(16)3-4-10(11)15/h3-7H,1-2H3,(H,20,21). The summed E-state index contributed by atoms with van der Waals surface area (Å²) in [5.41, 5.74) is -0.124. The van der Waals surface area contributed by atoms with Crippen molar-refractivity contribution in [3.05, 3.63) is 55.4 Å². The lowest BCUT2D eigenvalue weighted by molar-refractivity contribution is 0.0686. The summed E-state index contributed by atoms with van der Waals surface area (Å²) < 4.78 is 2.05. The maximum atomic E-state index is 12.1. The molecule has 0 radical (unpaired) electrons. The molecule has 0 spiro atoms. The van der Waals surface area contributed by atoms with Crippen molar-refractivity contribution in [1.29, 1.82) is 0 Å². The predicted octanol–water partition coefficient (Wildman–Crippen LogP) is 3.47. The average molecular weight is 372 g/mol. The Bertz CT molecular complexity index is 771. The van der Waals surface area contributed by atoms with Crippen LogP contribution in [-0.4, -0.2) is 20.9 Å². The summed E-state index contributed by atoms with van der Waals surface area (Å²) in [5, 5.41) is 13.5. The lowest BCUT2D eigenvalue weighted by Gasteiger charge is -2.13. The van der Waals surface area contributed by atoms with Crippen LogP contribution in [0.1, 0.15) is 35.8 Å². The van der Waals surface area contributed by atoms with E-state index in [4.69, 9.17) is 16.7 Å². The van der Waals surface area contributed by atoms with Gasteiger partial charge < -0.3 is 5.11 Å². The van der Waals surface area contributed by atoms with Gasteiger partial charge in [0.2, 0.25) is 11.1 Å². The van der Waals surface area contributed by atoms with Crippen LogP contribution in [0.3, 0.4) is 0 Å². The molecule has 110 valence electrons. The van der Waals surface area contributed by atoms with Crippen molar-refractivity contribution in [3.63, 3.8) is 0 Å². The number of carboxylic acids is 1. The normalized spacial score (nSPS) is 10.9. The summed E-state index contributed by atoms with van der Waals surface area (Å²) in [7, 11) is 0. The fourth-order valence-corrected chi connectivity index (χ4v) is 2.44. The van der Waals surface area contributed by atoms with Crippen LogP contribution in [0.5, 0.6) is 0 Å². The molecule has 0 unspecified atom stereocenters. The van der Waals surface area contributed by atoms with Crippen LogP contribution in [0.25, 0.3) is 5.69 Å². The van der Waals surface area contributed by atoms with Gasteiger partial charge in [0.05, 0.1) is 5.69 Å². The molecule has 0 fully saturated rings. The minimum atomic E-state index is -1.35. The quantitative estimate of drug-likeness (QED) is 0.896. The first-order valence-electron chi connectivity index (χ1n) is 6.14. The van der Waals surface area contributed by atoms with E-state index in [0.29, 0.717) is 20.7 Å². The Kier molecular flexibility index (Phi) is 4.49. The molecule has 21 heavy (non-hydrogen) atoms. The molecule has 1 heterocycles. The van der Waals surface area contributed by atoms with Gasteiger partial charge in [-0.2, -0.15) is 5.10 Å². The molecule has 2 aromatic rings. The van der Waals surface area contributed by atoms with Gasteiger partial charge in [-0.15, -0.1) is 0 Å². The molecule has 1 aromatic heterocycles. The van der Waals surface area contributed by atoms with Gasteiger partial charge in [0.25, 0.3) is 0 Å². The van der Waals surface area contributed by atoms with Crippen molar-refractivity contribution in [1.82, 2.24) is 9.78 Å². The van der Waals surface area contributed by atoms with Crippen molar-refractivity contribution < 1.29 is 9.90 Å². The van der Waals surface area contributed by atoms with Crippen molar-refractivity contribution in [2.75, 3.05) is 0 Å². The van der Waals surface area contributed by atoms with E-state index in [1.54, 1.807) is 18.2 Å². The van der Waals surface area contributed by atoms with Gasteiger partial charge in [0.1, 0.15) is 0 Å². The highest BCUT2D eigenvalue weighted by molar-refractivity contribution is 9.10. The van der Waals surface area contributed by atoms with E-state index in [2.05, 4.69) is 21.0 Å². The highest BCUT2D eigenvalue weighted by atomic mass is 79.9. The number of aromatic nitrogens is 2. The van der Waals surface area contributed by atoms with E-state index in [1.807, 2.05) is 13.8 Å². The molecule has 1 aromatic carbocycles. The van der Waals surface area contributed by atoms with E-state index >= 15 is 0 Å². The van der Waals surface area contributed by atoms with Crippen LogP contribution in [0.15, 0.2) is 33.7 Å². The number of aromatic carboxylic acids is 1. The number of carboxylic acid groups (broad SMARTS) is 1. The number of carbonyl (C=O) groups is 1. The highest BCUT2D eigenvalue weighted by Crippen LogP contribution is 2.24. The number of benzene rings is 1. The summed E-state index contributed by atoms with van der Waals surface area (Å²) >= 11 is 9.33. The minimum Gasteiger partial charge on any atom is -0.476 e. The molecule has 0 aliphatic rings. The molecule has 0 saturated carbocycles. The fraction of sp³-hybridized carbons (Fsp3) is 0.214. The summed E-state index contributed by atoms with van der Waals surface area (Å²) in [5.74, 6) is -1.47. The highest BCUT2D eigenvalue weighted by Gasteiger charge is 2.19. The third kappa shape index (κ3) is 3.16. The van der Waals surface area contributed by atoms with Gasteiger partial charge in [-0.05, 0) is 40.0 Å². The summed E-state index contributed by atoms with van der Waals surface area (Å²) in [4.78, 5) is 23.3. The van der Waals surface area contributed by atoms with Crippen molar-refractivity contribution in [2.24, 2.45) is 0 Å². The first-order valence-corrected chi connectivity index (χ1v) is 7.31. The van der Waals surface area contributed by atoms with Gasteiger partial charge in [-0.3, -0.25) is 4.79 Å². The second-order valence-electron chi connectivity index (χ2n) is 4.76. The second kappa shape index (κ2) is 5.99. The Morgan fingerprint density at radius 1 is 1.43 bits per heavy atom. The SMILES string of the molecule is CC(C)c1cn(-c2cc(Cl)ccc2Br)nc(C(=O)O)c1=O. The average Bonchev–Trinajstić information content (AvgIpc) is 2.41. The first-order chi connectivity index (χ1) is 9.81. The van der Waals surface area contributed by atoms with Gasteiger partial charge in [-0.25, -0.2) is 9.48 Å². The van der Waals surface area contributed by atoms with Gasteiger partial charge in [0, 0.05) is 21.3 Å². The van der Waals surface area contributed by atoms with E-state index in [9.17, 15) is 9.59 Å². The fourth-order valence-electron chi connectivity index (χ4n) is 1.85. The Balaban J connectivity index is 2.78. The molecule has 1 N–H and O–H groups in total. The smallest absolute Gasteiger partial charge is 0.360 e. The van der Waals surface area contributed by atoms with Crippen LogP contribution in [0, 0.1) is 0 Å². The largest absolute Gasteiger partial charge is 0.476 e. The second-order valence-corrected chi connectivity index (χ2v) is 6.05. The monoisotopic (exact) mass is 370 g/mol. The number of rotatable bonds is 3. The third-order valence-electron chi connectivity index (χ3n) is 2.93. The van der Waals surface area contributed by atoms with Crippen LogP contribution < -0.4 is 5.43 Å². The van der Waals surface area contributed by atoms with Gasteiger partial charge in [-0.1, -0.05) is 25.4 Å². The van der Waals surface area contributed by atoms with Crippen molar-refractivity contribution in [2.45, 2.75) is 19.8 Å². The van der Waals surface area contributed by atoms with Crippen LogP contribution >= 0.6 is 27.5 Å². The molecule has 0 amide bonds. The third-order valence-corrected chi connectivity index (χ3v) is 3.83. The molecule has 0 aliphatic heterocycles. The number of halogens is 2. The Labute approximate surface area is 134 Å². The Hall–Kier alpha value is -1.66. The molecule has 0 bridgehead atoms. The maximum Gasteiger partial charge on any atom is 0.360 e. The van der Waals surface area contributed by atoms with Gasteiger partial charge >= 0.3 is 5.97 Å². The summed E-state index contributed by atoms with van der Waals surface area (Å²) in [6, 6.07) is 5.06. The predicted molar refractivity (Wildman–Crippen MR) is 83.6 cm³/mol. The van der Waals surface area contributed by atoms with Crippen molar-refractivity contribution >= 4 is 33.5 Å². The molecule has 7 heteroatoms. The van der Waals surface area contributed by atoms with E-state index in [0.717, 1.165) is 0 Å². The number of hydrogen-bond donors (Lipinski definition) is 1. The topological polar surface area (TPSA) is 72.2 Å². The van der Waals surface area contributed by atoms with E-state index in [1.165, 1.54) is 10.9 Å². The Morgan fingerprint density at radius 2 is 2.10 bits per heavy atom. The molecule has 0 atom stereocenters. The van der Waals surface area contributed by atoms with Crippen LogP contribution in [0.4, 0.5) is 0 Å². The zero-order valence-corrected chi connectivity index (χ0v) is 13.6. The summed E-state index contributed by atoms with van der Waals surface area (Å²) in [6.45, 7) is 3.64. The Morgan fingerprint density at radius 3 is 2.67 bits per heavy atom. The molecule has 0 aliphatic carbocycles. The molecular formula is C14H12BrClN2O3. The van der Waals surface area contributed by atoms with Crippen LogP contribution in [-0.2, 0) is 0 Å². The minimum absolute atomic E-state index is 0.122. The van der Waals surface area contributed by atoms with Crippen LogP contribution in [0.2, 0.25) is 5.02 Å². The summed E-state index contributed by atoms with van der Waals surface area (Å²) in [6.07, 6.45) is 1.54. The van der Waals surface area contributed by atoms with Gasteiger partial charge in [0.15, 0.2) is 0 Å². The molecule has 0 saturated heterocycles. The lowest BCUT2D eigenvalue weighted by atomic mass is 10.0. The molecule has 2 rings (SSSR count). The zero-order valence-electron chi connectivity index (χ0n) is 11.3. The molecule has 5 nitrogen and oxygen atoms in total. The first kappa shape index (κ1) is 15.7. The zero-order chi connectivity index (χ0) is 15.7. The van der Waals surface area contributed by atoms with E-state index in [-0.39, 0.29) is 5.92 Å². The molecular weight excluding hydrogens is 360 g/mol. The van der Waals surface area contributed by atoms with E-state index < -0.39 is 17.1 Å².